The molecule has 1 N–H and O–H groups in total. The predicted molar refractivity (Wildman–Crippen MR) is 77.2 cm³/mol. The minimum Gasteiger partial charge on any atom is -0.327 e. The van der Waals surface area contributed by atoms with Gasteiger partial charge in [0.25, 0.3) is 11.5 Å². The summed E-state index contributed by atoms with van der Waals surface area (Å²) in [5, 5.41) is 0. The van der Waals surface area contributed by atoms with E-state index < -0.39 is 0 Å². The molecule has 3 heterocycles. The standard InChI is InChI=1S/C15H15N5O2/c1-8-4-11(17-7-16-8)15(22)20-5-10-12(6-20)18-13(9-2-3-9)19-14(10)21/h4,7,9H,2-3,5-6H2,1H3,(H,18,19,21). The van der Waals surface area contributed by atoms with Crippen LogP contribution in [0.25, 0.3) is 0 Å². The van der Waals surface area contributed by atoms with Gasteiger partial charge in [-0.2, -0.15) is 0 Å². The minimum atomic E-state index is -0.198. The van der Waals surface area contributed by atoms with Gasteiger partial charge in [0, 0.05) is 11.6 Å². The molecule has 0 atom stereocenters. The second-order valence-corrected chi connectivity index (χ2v) is 5.86. The van der Waals surface area contributed by atoms with E-state index in [0.29, 0.717) is 29.4 Å². The van der Waals surface area contributed by atoms with E-state index in [1.807, 2.05) is 6.92 Å². The third-order valence-electron chi connectivity index (χ3n) is 4.08. The lowest BCUT2D eigenvalue weighted by Crippen LogP contribution is -2.27. The number of rotatable bonds is 2. The maximum atomic E-state index is 12.5. The number of hydrogen-bond donors (Lipinski definition) is 1. The van der Waals surface area contributed by atoms with E-state index in [-0.39, 0.29) is 18.0 Å². The quantitative estimate of drug-likeness (QED) is 0.889. The first-order valence-corrected chi connectivity index (χ1v) is 7.31. The largest absolute Gasteiger partial charge is 0.327 e. The Morgan fingerprint density at radius 3 is 2.86 bits per heavy atom. The van der Waals surface area contributed by atoms with Crippen LogP contribution in [0.5, 0.6) is 0 Å². The lowest BCUT2D eigenvalue weighted by molar-refractivity contribution is 0.0744. The zero-order chi connectivity index (χ0) is 15.3. The maximum Gasteiger partial charge on any atom is 0.273 e. The van der Waals surface area contributed by atoms with Gasteiger partial charge in [-0.3, -0.25) is 9.59 Å². The van der Waals surface area contributed by atoms with Gasteiger partial charge < -0.3 is 9.88 Å². The van der Waals surface area contributed by atoms with Gasteiger partial charge in [-0.1, -0.05) is 0 Å². The molecule has 0 saturated heterocycles. The highest BCUT2D eigenvalue weighted by molar-refractivity contribution is 5.92. The monoisotopic (exact) mass is 297 g/mol. The third kappa shape index (κ3) is 2.18. The molecule has 1 fully saturated rings. The molecule has 22 heavy (non-hydrogen) atoms. The number of fused-ring (bicyclic) bond motifs is 1. The van der Waals surface area contributed by atoms with Gasteiger partial charge in [0.1, 0.15) is 17.8 Å². The van der Waals surface area contributed by atoms with Crippen LogP contribution in [0.2, 0.25) is 0 Å². The molecule has 1 aliphatic carbocycles. The van der Waals surface area contributed by atoms with E-state index in [2.05, 4.69) is 19.9 Å². The topological polar surface area (TPSA) is 91.8 Å². The molecule has 1 aliphatic heterocycles. The minimum absolute atomic E-state index is 0.124. The van der Waals surface area contributed by atoms with E-state index in [1.54, 1.807) is 11.0 Å². The van der Waals surface area contributed by atoms with Crippen LogP contribution in [0, 0.1) is 6.92 Å². The van der Waals surface area contributed by atoms with Crippen molar-refractivity contribution in [2.75, 3.05) is 0 Å². The van der Waals surface area contributed by atoms with Crippen molar-refractivity contribution >= 4 is 5.91 Å². The molecule has 0 unspecified atom stereocenters. The van der Waals surface area contributed by atoms with Crippen LogP contribution in [0.3, 0.4) is 0 Å². The van der Waals surface area contributed by atoms with E-state index in [1.165, 1.54) is 6.33 Å². The van der Waals surface area contributed by atoms with E-state index in [9.17, 15) is 9.59 Å². The Balaban J connectivity index is 1.63. The SMILES string of the molecule is Cc1cc(C(=O)N2Cc3nc(C4CC4)[nH]c(=O)c3C2)ncn1. The third-order valence-corrected chi connectivity index (χ3v) is 4.08. The summed E-state index contributed by atoms with van der Waals surface area (Å²) in [6.07, 6.45) is 3.53. The van der Waals surface area contributed by atoms with Gasteiger partial charge in [0.15, 0.2) is 0 Å². The fourth-order valence-electron chi connectivity index (χ4n) is 2.71. The summed E-state index contributed by atoms with van der Waals surface area (Å²) in [6, 6.07) is 1.65. The van der Waals surface area contributed by atoms with Gasteiger partial charge in [0.2, 0.25) is 0 Å². The van der Waals surface area contributed by atoms with Gasteiger partial charge in [-0.15, -0.1) is 0 Å². The molecular formula is C15H15N5O2. The second-order valence-electron chi connectivity index (χ2n) is 5.86. The second kappa shape index (κ2) is 4.72. The highest BCUT2D eigenvalue weighted by Gasteiger charge is 2.32. The van der Waals surface area contributed by atoms with Crippen molar-refractivity contribution in [3.63, 3.8) is 0 Å². The molecule has 0 aromatic carbocycles. The van der Waals surface area contributed by atoms with Crippen molar-refractivity contribution in [1.82, 2.24) is 24.8 Å². The molecule has 4 rings (SSSR count). The summed E-state index contributed by atoms with van der Waals surface area (Å²) in [6.45, 7) is 2.46. The first kappa shape index (κ1) is 13.1. The van der Waals surface area contributed by atoms with Crippen molar-refractivity contribution in [1.29, 1.82) is 0 Å². The lowest BCUT2D eigenvalue weighted by atomic mass is 10.2. The smallest absolute Gasteiger partial charge is 0.273 e. The number of hydrogen-bond acceptors (Lipinski definition) is 5. The Hall–Kier alpha value is -2.57. The zero-order valence-corrected chi connectivity index (χ0v) is 12.2. The number of nitrogens with one attached hydrogen (secondary N) is 1. The van der Waals surface area contributed by atoms with E-state index >= 15 is 0 Å². The Morgan fingerprint density at radius 1 is 1.32 bits per heavy atom. The molecule has 2 aromatic heterocycles. The molecule has 7 nitrogen and oxygen atoms in total. The van der Waals surface area contributed by atoms with Crippen LogP contribution in [0.1, 0.15) is 52.0 Å². The van der Waals surface area contributed by atoms with Crippen molar-refractivity contribution in [2.24, 2.45) is 0 Å². The van der Waals surface area contributed by atoms with Crippen LogP contribution in [-0.4, -0.2) is 30.7 Å². The molecule has 2 aromatic rings. The van der Waals surface area contributed by atoms with Gasteiger partial charge in [-0.05, 0) is 25.8 Å². The summed E-state index contributed by atoms with van der Waals surface area (Å²) in [4.78, 5) is 41.7. The first-order chi connectivity index (χ1) is 10.6. The molecule has 112 valence electrons. The van der Waals surface area contributed by atoms with E-state index in [0.717, 1.165) is 24.4 Å². The first-order valence-electron chi connectivity index (χ1n) is 7.31. The highest BCUT2D eigenvalue weighted by atomic mass is 16.2. The number of carbonyl (C=O) groups is 1. The summed E-state index contributed by atoms with van der Waals surface area (Å²) >= 11 is 0. The zero-order valence-electron chi connectivity index (χ0n) is 12.2. The van der Waals surface area contributed by atoms with Crippen LogP contribution >= 0.6 is 0 Å². The van der Waals surface area contributed by atoms with Gasteiger partial charge in [-0.25, -0.2) is 15.0 Å². The van der Waals surface area contributed by atoms with E-state index in [4.69, 9.17) is 0 Å². The summed E-state index contributed by atoms with van der Waals surface area (Å²) in [7, 11) is 0. The van der Waals surface area contributed by atoms with Crippen molar-refractivity contribution in [3.05, 3.63) is 51.2 Å². The van der Waals surface area contributed by atoms with Crippen LogP contribution in [0.4, 0.5) is 0 Å². The van der Waals surface area contributed by atoms with Crippen LogP contribution in [0.15, 0.2) is 17.2 Å². The molecule has 2 aliphatic rings. The van der Waals surface area contributed by atoms with Crippen molar-refractivity contribution in [3.8, 4) is 0 Å². The number of aromatic amines is 1. The van der Waals surface area contributed by atoms with Crippen LogP contribution < -0.4 is 5.56 Å². The maximum absolute atomic E-state index is 12.5. The van der Waals surface area contributed by atoms with Crippen LogP contribution in [-0.2, 0) is 13.1 Å². The average Bonchev–Trinajstić information content (AvgIpc) is 3.26. The number of amides is 1. The Kier molecular flexibility index (Phi) is 2.82. The fraction of sp³-hybridized carbons (Fsp3) is 0.400. The molecule has 1 amide bonds. The Morgan fingerprint density at radius 2 is 2.14 bits per heavy atom. The van der Waals surface area contributed by atoms with Gasteiger partial charge >= 0.3 is 0 Å². The summed E-state index contributed by atoms with van der Waals surface area (Å²) < 4.78 is 0. The fourth-order valence-corrected chi connectivity index (χ4v) is 2.71. The van der Waals surface area contributed by atoms with Crippen molar-refractivity contribution in [2.45, 2.75) is 38.8 Å². The van der Waals surface area contributed by atoms with Crippen molar-refractivity contribution < 1.29 is 4.79 Å². The number of aromatic nitrogens is 4. The Bertz CT molecular complexity index is 825. The molecular weight excluding hydrogens is 282 g/mol. The molecule has 0 radical (unpaired) electrons. The number of nitrogens with zero attached hydrogens (tertiary/aromatic N) is 4. The number of H-pyrrole nitrogens is 1. The molecule has 1 saturated carbocycles. The molecule has 0 spiro atoms. The molecule has 0 bridgehead atoms. The molecule has 7 heteroatoms. The summed E-state index contributed by atoms with van der Waals surface area (Å²) in [5.74, 6) is 0.944. The summed E-state index contributed by atoms with van der Waals surface area (Å²) in [5.41, 5.74) is 2.26. The highest BCUT2D eigenvalue weighted by Crippen LogP contribution is 2.38. The number of carbonyl (C=O) groups excluding carboxylic acids is 1. The average molecular weight is 297 g/mol. The Labute approximate surface area is 126 Å². The normalized spacial score (nSPS) is 16.7. The predicted octanol–water partition coefficient (Wildman–Crippen LogP) is 0.902. The number of aryl methyl sites for hydroxylation is 1. The lowest BCUT2D eigenvalue weighted by Gasteiger charge is -2.14. The van der Waals surface area contributed by atoms with Gasteiger partial charge in [0.05, 0.1) is 24.3 Å².